The molecule has 1 N–H and O–H groups in total. The maximum absolute atomic E-state index is 13.4. The molecule has 0 spiro atoms. The summed E-state index contributed by atoms with van der Waals surface area (Å²) < 4.78 is 20.7. The molecule has 2 rings (SSSR count). The number of aliphatic hydroxyl groups is 1. The first-order chi connectivity index (χ1) is 10.6. The van der Waals surface area contributed by atoms with Crippen LogP contribution in [0.5, 0.6) is 0 Å². The van der Waals surface area contributed by atoms with Crippen LogP contribution in [0.25, 0.3) is 0 Å². The second-order valence-corrected chi connectivity index (χ2v) is 6.17. The number of nitrogens with zero attached hydrogens (tertiary/aromatic N) is 3. The largest absolute Gasteiger partial charge is 0.390 e. The second kappa shape index (κ2) is 8.26. The lowest BCUT2D eigenvalue weighted by molar-refractivity contribution is 0.0386. The number of halogens is 1. The predicted octanol–water partition coefficient (Wildman–Crippen LogP) is 2.67. The Morgan fingerprint density at radius 1 is 1.36 bits per heavy atom. The average Bonchev–Trinajstić information content (AvgIpc) is 2.96. The van der Waals surface area contributed by atoms with E-state index in [2.05, 4.69) is 10.2 Å². The summed E-state index contributed by atoms with van der Waals surface area (Å²) in [7, 11) is 0. The van der Waals surface area contributed by atoms with Gasteiger partial charge in [0.25, 0.3) is 0 Å². The predicted molar refractivity (Wildman–Crippen MR) is 83.2 cm³/mol. The summed E-state index contributed by atoms with van der Waals surface area (Å²) in [5, 5.41) is 18.6. The molecule has 1 aromatic carbocycles. The zero-order valence-electron chi connectivity index (χ0n) is 12.6. The normalized spacial score (nSPS) is 12.8. The van der Waals surface area contributed by atoms with Gasteiger partial charge in [-0.2, -0.15) is 0 Å². The van der Waals surface area contributed by atoms with E-state index < -0.39 is 6.10 Å². The first kappa shape index (κ1) is 16.9. The molecule has 1 heterocycles. The van der Waals surface area contributed by atoms with Crippen molar-refractivity contribution in [3.05, 3.63) is 42.0 Å². The third-order valence-electron chi connectivity index (χ3n) is 3.03. The molecule has 0 saturated heterocycles. The van der Waals surface area contributed by atoms with Crippen molar-refractivity contribution in [1.29, 1.82) is 0 Å². The summed E-state index contributed by atoms with van der Waals surface area (Å²) in [6, 6.07) is 6.72. The number of benzene rings is 1. The van der Waals surface area contributed by atoms with E-state index in [0.717, 1.165) is 5.16 Å². The Morgan fingerprint density at radius 3 is 2.86 bits per heavy atom. The van der Waals surface area contributed by atoms with Gasteiger partial charge in [-0.1, -0.05) is 30.0 Å². The molecular weight excluding hydrogens is 305 g/mol. The maximum Gasteiger partial charge on any atom is 0.191 e. The minimum absolute atomic E-state index is 0.149. The minimum atomic E-state index is -0.644. The molecule has 0 aliphatic heterocycles. The molecule has 0 aliphatic carbocycles. The zero-order valence-corrected chi connectivity index (χ0v) is 13.5. The number of thioether (sulfide) groups is 1. The van der Waals surface area contributed by atoms with Gasteiger partial charge in [-0.15, -0.1) is 10.2 Å². The van der Waals surface area contributed by atoms with Gasteiger partial charge in [0.2, 0.25) is 0 Å². The van der Waals surface area contributed by atoms with Crippen LogP contribution in [0.2, 0.25) is 0 Å². The summed E-state index contributed by atoms with van der Waals surface area (Å²) in [6.07, 6.45) is 1.03. The fraction of sp³-hybridized carbons (Fsp3) is 0.467. The van der Waals surface area contributed by atoms with E-state index in [9.17, 15) is 9.50 Å². The van der Waals surface area contributed by atoms with Crippen molar-refractivity contribution in [2.24, 2.45) is 0 Å². The number of ether oxygens (including phenoxy) is 1. The highest BCUT2D eigenvalue weighted by Crippen LogP contribution is 2.19. The van der Waals surface area contributed by atoms with Gasteiger partial charge >= 0.3 is 0 Å². The van der Waals surface area contributed by atoms with E-state index in [-0.39, 0.29) is 25.1 Å². The lowest BCUT2D eigenvalue weighted by atomic mass is 10.2. The maximum atomic E-state index is 13.4. The molecule has 0 saturated carbocycles. The molecule has 22 heavy (non-hydrogen) atoms. The summed E-state index contributed by atoms with van der Waals surface area (Å²) in [6.45, 7) is 4.39. The van der Waals surface area contributed by atoms with Crippen LogP contribution in [0.1, 0.15) is 25.5 Å². The highest BCUT2D eigenvalue weighted by atomic mass is 32.2. The van der Waals surface area contributed by atoms with Gasteiger partial charge in [-0.05, 0) is 19.9 Å². The number of aromatic nitrogens is 3. The van der Waals surface area contributed by atoms with Gasteiger partial charge in [0.05, 0.1) is 19.3 Å². The smallest absolute Gasteiger partial charge is 0.191 e. The number of hydrogen-bond acceptors (Lipinski definition) is 5. The van der Waals surface area contributed by atoms with E-state index >= 15 is 0 Å². The highest BCUT2D eigenvalue weighted by Gasteiger charge is 2.12. The summed E-state index contributed by atoms with van der Waals surface area (Å²) >= 11 is 1.42. The number of hydrogen-bond donors (Lipinski definition) is 1. The van der Waals surface area contributed by atoms with Crippen LogP contribution in [-0.2, 0) is 11.3 Å². The fourth-order valence-electron chi connectivity index (χ4n) is 1.83. The molecule has 0 amide bonds. The van der Waals surface area contributed by atoms with Gasteiger partial charge in [-0.25, -0.2) is 4.39 Å². The van der Waals surface area contributed by atoms with Gasteiger partial charge in [0, 0.05) is 17.4 Å². The van der Waals surface area contributed by atoms with Gasteiger partial charge in [-0.3, -0.25) is 0 Å². The third-order valence-corrected chi connectivity index (χ3v) is 4.13. The fourth-order valence-corrected chi connectivity index (χ4v) is 2.78. The molecule has 0 fully saturated rings. The van der Waals surface area contributed by atoms with Crippen molar-refractivity contribution in [2.45, 2.75) is 37.8 Å². The van der Waals surface area contributed by atoms with Crippen LogP contribution in [0, 0.1) is 5.82 Å². The van der Waals surface area contributed by atoms with E-state index in [1.54, 1.807) is 24.5 Å². The molecule has 1 aromatic heterocycles. The van der Waals surface area contributed by atoms with Crippen molar-refractivity contribution < 1.29 is 14.2 Å². The molecule has 5 nitrogen and oxygen atoms in total. The summed E-state index contributed by atoms with van der Waals surface area (Å²) in [5.41, 5.74) is 0.488. The van der Waals surface area contributed by atoms with Crippen LogP contribution in [0.3, 0.4) is 0 Å². The van der Waals surface area contributed by atoms with Crippen LogP contribution in [0.15, 0.2) is 35.7 Å². The Hall–Kier alpha value is -1.44. The van der Waals surface area contributed by atoms with Crippen LogP contribution >= 0.6 is 11.8 Å². The molecular formula is C15H20FN3O2S. The van der Waals surface area contributed by atoms with E-state index in [4.69, 9.17) is 4.74 Å². The van der Waals surface area contributed by atoms with Crippen molar-refractivity contribution in [2.75, 3.05) is 12.4 Å². The molecule has 0 bridgehead atoms. The SMILES string of the molecule is CC(C)n1cnnc1SCC(O)COCc1ccccc1F. The van der Waals surface area contributed by atoms with Gasteiger partial charge < -0.3 is 14.4 Å². The molecule has 120 valence electrons. The molecule has 1 atom stereocenters. The summed E-state index contributed by atoms with van der Waals surface area (Å²) in [5.74, 6) is 0.152. The van der Waals surface area contributed by atoms with E-state index in [1.165, 1.54) is 17.8 Å². The Balaban J connectivity index is 1.73. The van der Waals surface area contributed by atoms with E-state index in [1.807, 2.05) is 18.4 Å². The average molecular weight is 325 g/mol. The number of aliphatic hydroxyl groups excluding tert-OH is 1. The first-order valence-electron chi connectivity index (χ1n) is 7.09. The van der Waals surface area contributed by atoms with Gasteiger partial charge in [0.1, 0.15) is 12.1 Å². The van der Waals surface area contributed by atoms with Crippen molar-refractivity contribution in [1.82, 2.24) is 14.8 Å². The third kappa shape index (κ3) is 4.79. The van der Waals surface area contributed by atoms with Crippen molar-refractivity contribution >= 4 is 11.8 Å². The molecule has 1 unspecified atom stereocenters. The number of rotatable bonds is 8. The molecule has 2 aromatic rings. The molecule has 7 heteroatoms. The Morgan fingerprint density at radius 2 is 2.14 bits per heavy atom. The monoisotopic (exact) mass is 325 g/mol. The lowest BCUT2D eigenvalue weighted by Crippen LogP contribution is -2.18. The van der Waals surface area contributed by atoms with Crippen LogP contribution in [0.4, 0.5) is 4.39 Å². The van der Waals surface area contributed by atoms with Gasteiger partial charge in [0.15, 0.2) is 5.16 Å². The lowest BCUT2D eigenvalue weighted by Gasteiger charge is -2.13. The van der Waals surface area contributed by atoms with Crippen molar-refractivity contribution in [3.63, 3.8) is 0 Å². The summed E-state index contributed by atoms with van der Waals surface area (Å²) in [4.78, 5) is 0. The Bertz CT molecular complexity index is 592. The zero-order chi connectivity index (χ0) is 15.9. The Kier molecular flexibility index (Phi) is 6.35. The van der Waals surface area contributed by atoms with Crippen molar-refractivity contribution in [3.8, 4) is 0 Å². The Labute approximate surface area is 133 Å². The standard InChI is InChI=1S/C15H20FN3O2S/c1-11(2)19-10-17-18-15(19)22-9-13(20)8-21-7-12-5-3-4-6-14(12)16/h3-6,10-11,13,20H,7-9H2,1-2H3. The topological polar surface area (TPSA) is 60.2 Å². The quantitative estimate of drug-likeness (QED) is 0.756. The van der Waals surface area contributed by atoms with E-state index in [0.29, 0.717) is 11.3 Å². The highest BCUT2D eigenvalue weighted by molar-refractivity contribution is 7.99. The first-order valence-corrected chi connectivity index (χ1v) is 8.08. The van der Waals surface area contributed by atoms with Crippen LogP contribution < -0.4 is 0 Å². The van der Waals surface area contributed by atoms with Crippen LogP contribution in [-0.4, -0.2) is 38.3 Å². The molecule has 0 aliphatic rings. The minimum Gasteiger partial charge on any atom is -0.390 e. The molecule has 0 radical (unpaired) electrons. The second-order valence-electron chi connectivity index (χ2n) is 5.19.